The molecule has 0 unspecified atom stereocenters. The Balaban J connectivity index is 2.27. The molecule has 52 valence electrons. The molecule has 0 heterocycles. The van der Waals surface area contributed by atoms with Gasteiger partial charge in [0.15, 0.2) is 0 Å². The van der Waals surface area contributed by atoms with Gasteiger partial charge in [0.05, 0.1) is 0 Å². The van der Waals surface area contributed by atoms with Crippen LogP contribution in [0.4, 0.5) is 0 Å². The largest absolute Gasteiger partial charge is 0.0880 e. The van der Waals surface area contributed by atoms with E-state index in [1.165, 1.54) is 24.8 Å². The zero-order valence-corrected chi connectivity index (χ0v) is 7.45. The topological polar surface area (TPSA) is 0 Å². The summed E-state index contributed by atoms with van der Waals surface area (Å²) in [5.41, 5.74) is 1.49. The Hall–Kier alpha value is 0.220. The Labute approximate surface area is 65.5 Å². The third-order valence-corrected chi connectivity index (χ3v) is 2.77. The number of halogens is 1. The lowest BCUT2D eigenvalue weighted by Crippen LogP contribution is -2.07. The van der Waals surface area contributed by atoms with E-state index in [4.69, 9.17) is 0 Å². The molecule has 0 spiro atoms. The third kappa shape index (κ3) is 2.13. The van der Waals surface area contributed by atoms with Gasteiger partial charge in [0.25, 0.3) is 0 Å². The van der Waals surface area contributed by atoms with Gasteiger partial charge in [-0.1, -0.05) is 34.0 Å². The average molecular weight is 189 g/mol. The van der Waals surface area contributed by atoms with Crippen LogP contribution in [-0.4, -0.2) is 5.33 Å². The Morgan fingerprint density at radius 3 is 2.67 bits per heavy atom. The maximum absolute atomic E-state index is 3.43. The lowest BCUT2D eigenvalue weighted by Gasteiger charge is -2.22. The minimum absolute atomic E-state index is 0.919. The summed E-state index contributed by atoms with van der Waals surface area (Å²) in [6.07, 6.45) is 6.68. The molecule has 0 radical (unpaired) electrons. The molecular weight excluding hydrogens is 176 g/mol. The molecule has 0 N–H and O–H groups in total. The van der Waals surface area contributed by atoms with E-state index in [1.807, 2.05) is 0 Å². The summed E-state index contributed by atoms with van der Waals surface area (Å²) >= 11 is 3.43. The lowest BCUT2D eigenvalue weighted by molar-refractivity contribution is 0.386. The third-order valence-electron chi connectivity index (χ3n) is 1.88. The van der Waals surface area contributed by atoms with Crippen LogP contribution in [-0.2, 0) is 0 Å². The minimum atomic E-state index is 0.919. The second-order valence-corrected chi connectivity index (χ2v) is 3.40. The molecule has 1 heteroatoms. The first-order chi connectivity index (χ1) is 4.33. The van der Waals surface area contributed by atoms with Crippen molar-refractivity contribution in [2.75, 3.05) is 5.33 Å². The van der Waals surface area contributed by atoms with Crippen LogP contribution in [0.15, 0.2) is 11.6 Å². The summed E-state index contributed by atoms with van der Waals surface area (Å²) < 4.78 is 0. The summed E-state index contributed by atoms with van der Waals surface area (Å²) in [5.74, 6) is 0.919. The van der Waals surface area contributed by atoms with Crippen LogP contribution in [0, 0.1) is 5.92 Å². The van der Waals surface area contributed by atoms with E-state index in [-0.39, 0.29) is 0 Å². The Kier molecular flexibility index (Phi) is 2.77. The highest BCUT2D eigenvalue weighted by atomic mass is 79.9. The molecule has 0 aromatic rings. The van der Waals surface area contributed by atoms with Crippen LogP contribution < -0.4 is 0 Å². The van der Waals surface area contributed by atoms with E-state index in [0.29, 0.717) is 0 Å². The van der Waals surface area contributed by atoms with Gasteiger partial charge in [0, 0.05) is 5.33 Å². The average Bonchev–Trinajstić information content (AvgIpc) is 1.78. The standard InChI is InChI=1S/C8H13Br/c1-7(6-9)5-8-3-2-4-8/h5,8H,2-4,6H2,1H3/b7-5+. The van der Waals surface area contributed by atoms with Crippen LogP contribution in [0.1, 0.15) is 26.2 Å². The van der Waals surface area contributed by atoms with Gasteiger partial charge in [0.1, 0.15) is 0 Å². The minimum Gasteiger partial charge on any atom is -0.0880 e. The number of hydrogen-bond acceptors (Lipinski definition) is 0. The van der Waals surface area contributed by atoms with Gasteiger partial charge in [-0.25, -0.2) is 0 Å². The number of alkyl halides is 1. The quantitative estimate of drug-likeness (QED) is 0.462. The fourth-order valence-corrected chi connectivity index (χ4v) is 1.24. The molecule has 0 aliphatic heterocycles. The summed E-state index contributed by atoms with van der Waals surface area (Å²) in [6, 6.07) is 0. The molecule has 9 heavy (non-hydrogen) atoms. The fourth-order valence-electron chi connectivity index (χ4n) is 1.05. The monoisotopic (exact) mass is 188 g/mol. The van der Waals surface area contributed by atoms with Gasteiger partial charge >= 0.3 is 0 Å². The highest BCUT2D eigenvalue weighted by Crippen LogP contribution is 2.28. The second-order valence-electron chi connectivity index (χ2n) is 2.84. The Bertz CT molecular complexity index is 112. The first-order valence-corrected chi connectivity index (χ1v) is 4.68. The maximum atomic E-state index is 3.43. The SMILES string of the molecule is C/C(=C\C1CCC1)CBr. The second kappa shape index (κ2) is 3.40. The molecule has 0 bridgehead atoms. The van der Waals surface area contributed by atoms with E-state index in [1.54, 1.807) is 0 Å². The van der Waals surface area contributed by atoms with Crippen molar-refractivity contribution in [2.24, 2.45) is 5.92 Å². The first-order valence-electron chi connectivity index (χ1n) is 3.56. The smallest absolute Gasteiger partial charge is 0.0239 e. The van der Waals surface area contributed by atoms with Crippen LogP contribution in [0.25, 0.3) is 0 Å². The fraction of sp³-hybridized carbons (Fsp3) is 0.750. The van der Waals surface area contributed by atoms with Crippen LogP contribution in [0.5, 0.6) is 0 Å². The van der Waals surface area contributed by atoms with Crippen molar-refractivity contribution in [2.45, 2.75) is 26.2 Å². The molecule has 0 aromatic carbocycles. The van der Waals surface area contributed by atoms with Gasteiger partial charge in [-0.05, 0) is 25.7 Å². The lowest BCUT2D eigenvalue weighted by atomic mass is 9.84. The predicted molar refractivity (Wildman–Crippen MR) is 44.9 cm³/mol. The molecule has 1 rings (SSSR count). The maximum Gasteiger partial charge on any atom is 0.0239 e. The number of hydrogen-bond donors (Lipinski definition) is 0. The molecule has 1 saturated carbocycles. The van der Waals surface area contributed by atoms with Crippen LogP contribution in [0.3, 0.4) is 0 Å². The van der Waals surface area contributed by atoms with Crippen molar-refractivity contribution < 1.29 is 0 Å². The molecule has 0 aromatic heterocycles. The van der Waals surface area contributed by atoms with Gasteiger partial charge < -0.3 is 0 Å². The van der Waals surface area contributed by atoms with E-state index in [0.717, 1.165) is 11.2 Å². The molecule has 0 nitrogen and oxygen atoms in total. The van der Waals surface area contributed by atoms with Gasteiger partial charge in [0.2, 0.25) is 0 Å². The van der Waals surface area contributed by atoms with Gasteiger partial charge in [-0.3, -0.25) is 0 Å². The van der Waals surface area contributed by atoms with Gasteiger partial charge in [-0.2, -0.15) is 0 Å². The summed E-state index contributed by atoms with van der Waals surface area (Å²) in [5, 5.41) is 1.05. The van der Waals surface area contributed by atoms with E-state index >= 15 is 0 Å². The number of rotatable bonds is 2. The van der Waals surface area contributed by atoms with E-state index < -0.39 is 0 Å². The Morgan fingerprint density at radius 2 is 2.33 bits per heavy atom. The van der Waals surface area contributed by atoms with Crippen molar-refractivity contribution in [1.82, 2.24) is 0 Å². The van der Waals surface area contributed by atoms with E-state index in [2.05, 4.69) is 28.9 Å². The summed E-state index contributed by atoms with van der Waals surface area (Å²) in [6.45, 7) is 2.19. The molecule has 0 amide bonds. The molecule has 0 saturated heterocycles. The molecule has 1 fully saturated rings. The van der Waals surface area contributed by atoms with Crippen LogP contribution in [0.2, 0.25) is 0 Å². The molecule has 1 aliphatic rings. The number of allylic oxidation sites excluding steroid dienone is 2. The summed E-state index contributed by atoms with van der Waals surface area (Å²) in [7, 11) is 0. The summed E-state index contributed by atoms with van der Waals surface area (Å²) in [4.78, 5) is 0. The van der Waals surface area contributed by atoms with Crippen molar-refractivity contribution in [3.8, 4) is 0 Å². The van der Waals surface area contributed by atoms with Crippen LogP contribution >= 0.6 is 15.9 Å². The predicted octanol–water partition coefficient (Wildman–Crippen LogP) is 3.13. The zero-order chi connectivity index (χ0) is 6.69. The van der Waals surface area contributed by atoms with Crippen molar-refractivity contribution in [3.05, 3.63) is 11.6 Å². The Morgan fingerprint density at radius 1 is 1.67 bits per heavy atom. The molecule has 0 atom stereocenters. The van der Waals surface area contributed by atoms with Gasteiger partial charge in [-0.15, -0.1) is 0 Å². The van der Waals surface area contributed by atoms with Crippen molar-refractivity contribution >= 4 is 15.9 Å². The normalized spacial score (nSPS) is 21.8. The molecular formula is C8H13Br. The zero-order valence-electron chi connectivity index (χ0n) is 5.86. The van der Waals surface area contributed by atoms with E-state index in [9.17, 15) is 0 Å². The highest BCUT2D eigenvalue weighted by Gasteiger charge is 2.13. The van der Waals surface area contributed by atoms with Crippen molar-refractivity contribution in [3.63, 3.8) is 0 Å². The highest BCUT2D eigenvalue weighted by molar-refractivity contribution is 9.09. The van der Waals surface area contributed by atoms with Crippen molar-refractivity contribution in [1.29, 1.82) is 0 Å². The molecule has 1 aliphatic carbocycles. The first kappa shape index (κ1) is 7.33.